The molecule has 5 heteroatoms. The average Bonchev–Trinajstić information content (AvgIpc) is 2.83. The number of nitrogens with zero attached hydrogens (tertiary/aromatic N) is 1. The Balaban J connectivity index is 1.70. The van der Waals surface area contributed by atoms with Crippen molar-refractivity contribution in [3.05, 3.63) is 65.2 Å². The zero-order valence-electron chi connectivity index (χ0n) is 20.3. The summed E-state index contributed by atoms with van der Waals surface area (Å²) in [5.41, 5.74) is 3.45. The molecule has 1 fully saturated rings. The predicted molar refractivity (Wildman–Crippen MR) is 132 cm³/mol. The van der Waals surface area contributed by atoms with Gasteiger partial charge in [-0.3, -0.25) is 9.59 Å². The number of carbonyl (C=O) groups excluding carboxylic acids is 2. The normalized spacial score (nSPS) is 15.0. The number of ether oxygens (including phenoxy) is 1. The molecule has 0 spiro atoms. The van der Waals surface area contributed by atoms with E-state index in [9.17, 15) is 9.59 Å². The summed E-state index contributed by atoms with van der Waals surface area (Å²) in [5.74, 6) is 0.473. The SMILES string of the molecule is CCC(C(=O)NC1CCCCC1)N(CCc1ccccc1)C(=O)COc1ccc(C)c(C)c1. The van der Waals surface area contributed by atoms with Gasteiger partial charge in [-0.25, -0.2) is 0 Å². The van der Waals surface area contributed by atoms with E-state index in [4.69, 9.17) is 4.74 Å². The van der Waals surface area contributed by atoms with E-state index in [1.165, 1.54) is 12.0 Å². The minimum atomic E-state index is -0.494. The van der Waals surface area contributed by atoms with E-state index < -0.39 is 6.04 Å². The minimum Gasteiger partial charge on any atom is -0.484 e. The largest absolute Gasteiger partial charge is 0.484 e. The van der Waals surface area contributed by atoms with Gasteiger partial charge in [0.05, 0.1) is 0 Å². The lowest BCUT2D eigenvalue weighted by atomic mass is 9.95. The van der Waals surface area contributed by atoms with Gasteiger partial charge in [0.25, 0.3) is 5.91 Å². The van der Waals surface area contributed by atoms with Gasteiger partial charge in [-0.05, 0) is 68.4 Å². The van der Waals surface area contributed by atoms with E-state index in [2.05, 4.69) is 17.4 Å². The van der Waals surface area contributed by atoms with Gasteiger partial charge in [-0.15, -0.1) is 0 Å². The summed E-state index contributed by atoms with van der Waals surface area (Å²) in [4.78, 5) is 28.2. The van der Waals surface area contributed by atoms with Crippen LogP contribution in [-0.2, 0) is 16.0 Å². The van der Waals surface area contributed by atoms with Crippen LogP contribution in [0.3, 0.4) is 0 Å². The van der Waals surface area contributed by atoms with Crippen LogP contribution in [-0.4, -0.2) is 41.9 Å². The van der Waals surface area contributed by atoms with E-state index in [0.717, 1.165) is 36.8 Å². The molecule has 178 valence electrons. The summed E-state index contributed by atoms with van der Waals surface area (Å²) in [6, 6.07) is 15.6. The molecule has 1 aliphatic rings. The molecule has 1 aliphatic carbocycles. The number of amides is 2. The third-order valence-corrected chi connectivity index (χ3v) is 6.66. The fourth-order valence-electron chi connectivity index (χ4n) is 4.47. The lowest BCUT2D eigenvalue weighted by molar-refractivity contribution is -0.142. The van der Waals surface area contributed by atoms with Crippen molar-refractivity contribution in [3.8, 4) is 5.75 Å². The first-order valence-electron chi connectivity index (χ1n) is 12.3. The van der Waals surface area contributed by atoms with Gasteiger partial charge >= 0.3 is 0 Å². The Labute approximate surface area is 198 Å². The summed E-state index contributed by atoms with van der Waals surface area (Å²) >= 11 is 0. The van der Waals surface area contributed by atoms with Crippen molar-refractivity contribution in [1.29, 1.82) is 0 Å². The van der Waals surface area contributed by atoms with Crippen LogP contribution in [0.5, 0.6) is 5.75 Å². The smallest absolute Gasteiger partial charge is 0.261 e. The molecule has 2 amide bonds. The fourth-order valence-corrected chi connectivity index (χ4v) is 4.47. The molecule has 0 bridgehead atoms. The number of nitrogens with one attached hydrogen (secondary N) is 1. The third-order valence-electron chi connectivity index (χ3n) is 6.66. The van der Waals surface area contributed by atoms with E-state index >= 15 is 0 Å². The van der Waals surface area contributed by atoms with E-state index in [-0.39, 0.29) is 24.5 Å². The Kier molecular flexibility index (Phi) is 9.35. The number of benzene rings is 2. The van der Waals surface area contributed by atoms with Crippen LogP contribution in [0.15, 0.2) is 48.5 Å². The van der Waals surface area contributed by atoms with Crippen LogP contribution >= 0.6 is 0 Å². The maximum absolute atomic E-state index is 13.3. The molecule has 2 aromatic carbocycles. The topological polar surface area (TPSA) is 58.6 Å². The Morgan fingerprint density at radius 1 is 1.03 bits per heavy atom. The molecule has 0 radical (unpaired) electrons. The Bertz CT molecular complexity index is 907. The molecule has 33 heavy (non-hydrogen) atoms. The molecule has 0 aliphatic heterocycles. The number of aryl methyl sites for hydroxylation is 2. The highest BCUT2D eigenvalue weighted by atomic mass is 16.5. The molecule has 0 saturated heterocycles. The van der Waals surface area contributed by atoms with Gasteiger partial charge in [-0.2, -0.15) is 0 Å². The highest BCUT2D eigenvalue weighted by Crippen LogP contribution is 2.19. The molecule has 1 saturated carbocycles. The van der Waals surface area contributed by atoms with Crippen LogP contribution in [0, 0.1) is 13.8 Å². The van der Waals surface area contributed by atoms with Crippen LogP contribution in [0.4, 0.5) is 0 Å². The van der Waals surface area contributed by atoms with Gasteiger partial charge in [0.15, 0.2) is 6.61 Å². The summed E-state index contributed by atoms with van der Waals surface area (Å²) in [6.07, 6.45) is 6.86. The molecule has 1 N–H and O–H groups in total. The second-order valence-electron chi connectivity index (χ2n) is 9.13. The molecule has 1 unspecified atom stereocenters. The Hall–Kier alpha value is -2.82. The number of rotatable bonds is 10. The molecule has 2 aromatic rings. The minimum absolute atomic E-state index is 0.0445. The van der Waals surface area contributed by atoms with E-state index in [0.29, 0.717) is 25.1 Å². The lowest BCUT2D eigenvalue weighted by Gasteiger charge is -2.32. The highest BCUT2D eigenvalue weighted by Gasteiger charge is 2.30. The Morgan fingerprint density at radius 2 is 1.76 bits per heavy atom. The molecule has 1 atom stereocenters. The zero-order valence-corrected chi connectivity index (χ0v) is 20.3. The monoisotopic (exact) mass is 450 g/mol. The average molecular weight is 451 g/mol. The van der Waals surface area contributed by atoms with Crippen molar-refractivity contribution in [1.82, 2.24) is 10.2 Å². The van der Waals surface area contributed by atoms with E-state index in [1.54, 1.807) is 4.90 Å². The summed E-state index contributed by atoms with van der Waals surface area (Å²) in [6.45, 7) is 6.45. The zero-order chi connectivity index (χ0) is 23.6. The first kappa shape index (κ1) is 24.8. The molecule has 0 aromatic heterocycles. The van der Waals surface area contributed by atoms with Crippen molar-refractivity contribution >= 4 is 11.8 Å². The summed E-state index contributed by atoms with van der Waals surface area (Å²) in [7, 11) is 0. The van der Waals surface area contributed by atoms with Gasteiger partial charge in [-0.1, -0.05) is 62.6 Å². The molecule has 0 heterocycles. The van der Waals surface area contributed by atoms with Gasteiger partial charge in [0.2, 0.25) is 5.91 Å². The summed E-state index contributed by atoms with van der Waals surface area (Å²) in [5, 5.41) is 3.22. The highest BCUT2D eigenvalue weighted by molar-refractivity contribution is 5.88. The van der Waals surface area contributed by atoms with Crippen LogP contribution in [0.2, 0.25) is 0 Å². The quantitative estimate of drug-likeness (QED) is 0.555. The number of hydrogen-bond acceptors (Lipinski definition) is 3. The maximum Gasteiger partial charge on any atom is 0.261 e. The molecule has 3 rings (SSSR count). The van der Waals surface area contributed by atoms with Crippen LogP contribution in [0.1, 0.15) is 62.1 Å². The van der Waals surface area contributed by atoms with Gasteiger partial charge in [0, 0.05) is 12.6 Å². The van der Waals surface area contributed by atoms with Crippen LogP contribution in [0.25, 0.3) is 0 Å². The summed E-state index contributed by atoms with van der Waals surface area (Å²) < 4.78 is 5.84. The predicted octanol–water partition coefficient (Wildman–Crippen LogP) is 4.98. The Morgan fingerprint density at radius 3 is 2.42 bits per heavy atom. The molecular formula is C28H38N2O3. The van der Waals surface area contributed by atoms with Crippen molar-refractivity contribution in [2.75, 3.05) is 13.2 Å². The first-order valence-corrected chi connectivity index (χ1v) is 12.3. The van der Waals surface area contributed by atoms with Crippen molar-refractivity contribution in [3.63, 3.8) is 0 Å². The second kappa shape index (κ2) is 12.4. The van der Waals surface area contributed by atoms with Crippen LogP contribution < -0.4 is 10.1 Å². The standard InChI is InChI=1S/C28H38N2O3/c1-4-26(28(32)29-24-13-9-6-10-14-24)30(18-17-23-11-7-5-8-12-23)27(31)20-33-25-16-15-21(2)22(3)19-25/h5,7-8,11-12,15-16,19,24,26H,4,6,9-10,13-14,17-18,20H2,1-3H3,(H,29,32). The van der Waals surface area contributed by atoms with Gasteiger partial charge in [0.1, 0.15) is 11.8 Å². The maximum atomic E-state index is 13.3. The van der Waals surface area contributed by atoms with Crippen molar-refractivity contribution in [2.24, 2.45) is 0 Å². The fraction of sp³-hybridized carbons (Fsp3) is 0.500. The van der Waals surface area contributed by atoms with Gasteiger partial charge < -0.3 is 15.0 Å². The number of hydrogen-bond donors (Lipinski definition) is 1. The van der Waals surface area contributed by atoms with E-state index in [1.807, 2.05) is 57.2 Å². The molecular weight excluding hydrogens is 412 g/mol. The first-order chi connectivity index (χ1) is 16.0. The third kappa shape index (κ3) is 7.34. The second-order valence-corrected chi connectivity index (χ2v) is 9.13. The molecule has 5 nitrogen and oxygen atoms in total. The lowest BCUT2D eigenvalue weighted by Crippen LogP contribution is -2.53. The van der Waals surface area contributed by atoms with Crippen molar-refractivity contribution < 1.29 is 14.3 Å². The number of carbonyl (C=O) groups is 2. The van der Waals surface area contributed by atoms with Crippen molar-refractivity contribution in [2.45, 2.75) is 77.8 Å².